The SMILES string of the molecule is CCCCCC(C)(O)C1(CN)CCCOC1. The molecule has 16 heavy (non-hydrogen) atoms. The molecule has 1 saturated heterocycles. The van der Waals surface area contributed by atoms with Gasteiger partial charge in [-0.2, -0.15) is 0 Å². The molecule has 0 spiro atoms. The highest BCUT2D eigenvalue weighted by Gasteiger charge is 2.46. The highest BCUT2D eigenvalue weighted by molar-refractivity contribution is 4.98. The van der Waals surface area contributed by atoms with Crippen LogP contribution in [-0.4, -0.2) is 30.5 Å². The van der Waals surface area contributed by atoms with Gasteiger partial charge in [0.2, 0.25) is 0 Å². The summed E-state index contributed by atoms with van der Waals surface area (Å²) in [5.41, 5.74) is 4.98. The van der Waals surface area contributed by atoms with Crippen LogP contribution in [0.3, 0.4) is 0 Å². The Labute approximate surface area is 99.4 Å². The Bertz CT molecular complexity index is 198. The van der Waals surface area contributed by atoms with Gasteiger partial charge in [0.05, 0.1) is 12.2 Å². The number of hydrogen-bond acceptors (Lipinski definition) is 3. The molecule has 0 amide bonds. The molecule has 3 heteroatoms. The third-order valence-corrected chi connectivity index (χ3v) is 4.12. The molecule has 0 aromatic carbocycles. The average Bonchev–Trinajstić information content (AvgIpc) is 2.30. The molecule has 0 saturated carbocycles. The van der Waals surface area contributed by atoms with Gasteiger partial charge in [0.25, 0.3) is 0 Å². The third-order valence-electron chi connectivity index (χ3n) is 4.12. The van der Waals surface area contributed by atoms with Crippen LogP contribution >= 0.6 is 0 Å². The van der Waals surface area contributed by atoms with Crippen LogP contribution in [0, 0.1) is 5.41 Å². The van der Waals surface area contributed by atoms with Gasteiger partial charge in [-0.3, -0.25) is 0 Å². The molecule has 1 fully saturated rings. The number of rotatable bonds is 6. The van der Waals surface area contributed by atoms with Crippen molar-refractivity contribution in [1.82, 2.24) is 0 Å². The number of aliphatic hydroxyl groups is 1. The van der Waals surface area contributed by atoms with Gasteiger partial charge in [-0.15, -0.1) is 0 Å². The molecule has 0 bridgehead atoms. The van der Waals surface area contributed by atoms with Crippen molar-refractivity contribution in [3.63, 3.8) is 0 Å². The summed E-state index contributed by atoms with van der Waals surface area (Å²) in [4.78, 5) is 0. The first kappa shape index (κ1) is 13.9. The first-order valence-corrected chi connectivity index (χ1v) is 6.58. The van der Waals surface area contributed by atoms with Crippen LogP contribution in [0.15, 0.2) is 0 Å². The largest absolute Gasteiger partial charge is 0.389 e. The first-order chi connectivity index (χ1) is 7.58. The normalized spacial score (nSPS) is 30.0. The highest BCUT2D eigenvalue weighted by atomic mass is 16.5. The number of unbranched alkanes of at least 4 members (excludes halogenated alkanes) is 2. The van der Waals surface area contributed by atoms with Gasteiger partial charge in [-0.25, -0.2) is 0 Å². The summed E-state index contributed by atoms with van der Waals surface area (Å²) >= 11 is 0. The van der Waals surface area contributed by atoms with Crippen LogP contribution in [0.25, 0.3) is 0 Å². The van der Waals surface area contributed by atoms with E-state index in [9.17, 15) is 5.11 Å². The molecule has 0 aliphatic carbocycles. The molecule has 0 aromatic rings. The maximum absolute atomic E-state index is 10.7. The molecular weight excluding hydrogens is 202 g/mol. The zero-order valence-electron chi connectivity index (χ0n) is 10.8. The Balaban J connectivity index is 2.60. The minimum absolute atomic E-state index is 0.223. The number of nitrogens with two attached hydrogens (primary N) is 1. The predicted molar refractivity (Wildman–Crippen MR) is 66.3 cm³/mol. The number of hydrogen-bond donors (Lipinski definition) is 2. The summed E-state index contributed by atoms with van der Waals surface area (Å²) in [6.07, 6.45) is 6.27. The Hall–Kier alpha value is -0.120. The van der Waals surface area contributed by atoms with Crippen LogP contribution in [0.1, 0.15) is 52.4 Å². The van der Waals surface area contributed by atoms with Crippen molar-refractivity contribution in [3.8, 4) is 0 Å². The lowest BCUT2D eigenvalue weighted by molar-refractivity contribution is -0.138. The molecule has 1 heterocycles. The van der Waals surface area contributed by atoms with Gasteiger partial charge in [-0.05, 0) is 26.2 Å². The van der Waals surface area contributed by atoms with Crippen molar-refractivity contribution in [2.75, 3.05) is 19.8 Å². The Morgan fingerprint density at radius 2 is 2.19 bits per heavy atom. The van der Waals surface area contributed by atoms with Crippen LogP contribution in [0.4, 0.5) is 0 Å². The molecule has 0 radical (unpaired) electrons. The van der Waals surface area contributed by atoms with Crippen molar-refractivity contribution in [2.45, 2.75) is 58.0 Å². The van der Waals surface area contributed by atoms with E-state index in [1.165, 1.54) is 12.8 Å². The second kappa shape index (κ2) is 5.99. The highest BCUT2D eigenvalue weighted by Crippen LogP contribution is 2.41. The summed E-state index contributed by atoms with van der Waals surface area (Å²) < 4.78 is 5.53. The van der Waals surface area contributed by atoms with Crippen molar-refractivity contribution in [2.24, 2.45) is 11.1 Å². The van der Waals surface area contributed by atoms with Gasteiger partial charge < -0.3 is 15.6 Å². The van der Waals surface area contributed by atoms with E-state index in [0.29, 0.717) is 13.2 Å². The van der Waals surface area contributed by atoms with E-state index in [-0.39, 0.29) is 5.41 Å². The first-order valence-electron chi connectivity index (χ1n) is 6.58. The Morgan fingerprint density at radius 1 is 1.44 bits per heavy atom. The van der Waals surface area contributed by atoms with E-state index in [1.54, 1.807) is 0 Å². The minimum atomic E-state index is -0.683. The summed E-state index contributed by atoms with van der Waals surface area (Å²) in [5.74, 6) is 0. The molecule has 1 aliphatic heterocycles. The molecule has 0 aromatic heterocycles. The minimum Gasteiger partial charge on any atom is -0.389 e. The fraction of sp³-hybridized carbons (Fsp3) is 1.00. The number of ether oxygens (including phenoxy) is 1. The lowest BCUT2D eigenvalue weighted by atomic mass is 9.67. The Kier molecular flexibility index (Phi) is 5.22. The zero-order chi connectivity index (χ0) is 12.1. The van der Waals surface area contributed by atoms with Crippen LogP contribution < -0.4 is 5.73 Å². The summed E-state index contributed by atoms with van der Waals surface area (Å²) in [5, 5.41) is 10.7. The standard InChI is InChI=1S/C13H27NO2/c1-3-4-5-7-12(2,15)13(10-14)8-6-9-16-11-13/h15H,3-11,14H2,1-2H3. The fourth-order valence-corrected chi connectivity index (χ4v) is 2.64. The lowest BCUT2D eigenvalue weighted by Crippen LogP contribution is -2.55. The molecule has 1 rings (SSSR count). The van der Waals surface area contributed by atoms with Gasteiger partial charge in [0, 0.05) is 18.6 Å². The summed E-state index contributed by atoms with van der Waals surface area (Å²) in [7, 11) is 0. The van der Waals surface area contributed by atoms with E-state index in [0.717, 1.165) is 32.3 Å². The topological polar surface area (TPSA) is 55.5 Å². The quantitative estimate of drug-likeness (QED) is 0.686. The summed E-state index contributed by atoms with van der Waals surface area (Å²) in [6.45, 7) is 6.06. The molecular formula is C13H27NO2. The van der Waals surface area contributed by atoms with E-state index >= 15 is 0 Å². The van der Waals surface area contributed by atoms with Gasteiger partial charge in [-0.1, -0.05) is 26.2 Å². The van der Waals surface area contributed by atoms with E-state index in [4.69, 9.17) is 10.5 Å². The van der Waals surface area contributed by atoms with E-state index in [1.807, 2.05) is 6.92 Å². The van der Waals surface area contributed by atoms with Crippen LogP contribution in [-0.2, 0) is 4.74 Å². The monoisotopic (exact) mass is 229 g/mol. The third kappa shape index (κ3) is 2.96. The zero-order valence-corrected chi connectivity index (χ0v) is 10.8. The molecule has 2 atom stereocenters. The maximum Gasteiger partial charge on any atom is 0.0709 e. The van der Waals surface area contributed by atoms with Crippen LogP contribution in [0.2, 0.25) is 0 Å². The van der Waals surface area contributed by atoms with Crippen molar-refractivity contribution >= 4 is 0 Å². The van der Waals surface area contributed by atoms with Gasteiger partial charge in [0.15, 0.2) is 0 Å². The molecule has 3 N–H and O–H groups in total. The summed E-state index contributed by atoms with van der Waals surface area (Å²) in [6, 6.07) is 0. The maximum atomic E-state index is 10.7. The molecule has 2 unspecified atom stereocenters. The lowest BCUT2D eigenvalue weighted by Gasteiger charge is -2.47. The van der Waals surface area contributed by atoms with Gasteiger partial charge in [0.1, 0.15) is 0 Å². The second-order valence-electron chi connectivity index (χ2n) is 5.37. The van der Waals surface area contributed by atoms with Crippen molar-refractivity contribution in [3.05, 3.63) is 0 Å². The van der Waals surface area contributed by atoms with E-state index in [2.05, 4.69) is 6.92 Å². The molecule has 1 aliphatic rings. The second-order valence-corrected chi connectivity index (χ2v) is 5.37. The predicted octanol–water partition coefficient (Wildman–Crippen LogP) is 2.07. The van der Waals surface area contributed by atoms with Crippen molar-refractivity contribution in [1.29, 1.82) is 0 Å². The van der Waals surface area contributed by atoms with Crippen LogP contribution in [0.5, 0.6) is 0 Å². The van der Waals surface area contributed by atoms with E-state index < -0.39 is 5.60 Å². The van der Waals surface area contributed by atoms with Crippen molar-refractivity contribution < 1.29 is 9.84 Å². The molecule has 3 nitrogen and oxygen atoms in total. The smallest absolute Gasteiger partial charge is 0.0709 e. The molecule has 96 valence electrons. The Morgan fingerprint density at radius 3 is 2.69 bits per heavy atom. The average molecular weight is 229 g/mol. The van der Waals surface area contributed by atoms with Gasteiger partial charge >= 0.3 is 0 Å². The fourth-order valence-electron chi connectivity index (χ4n) is 2.64.